The molecule has 0 aliphatic rings. The van der Waals surface area contributed by atoms with E-state index in [4.69, 9.17) is 21.1 Å². The van der Waals surface area contributed by atoms with Crippen molar-refractivity contribution in [2.24, 2.45) is 5.92 Å². The second kappa shape index (κ2) is 9.03. The van der Waals surface area contributed by atoms with E-state index in [1.807, 2.05) is 0 Å². The zero-order valence-corrected chi connectivity index (χ0v) is 13.5. The van der Waals surface area contributed by atoms with Gasteiger partial charge in [-0.3, -0.25) is 4.98 Å². The van der Waals surface area contributed by atoms with Crippen LogP contribution in [0.25, 0.3) is 0 Å². The van der Waals surface area contributed by atoms with Crippen LogP contribution in [0, 0.1) is 5.92 Å². The van der Waals surface area contributed by atoms with Gasteiger partial charge in [-0.2, -0.15) is 0 Å². The summed E-state index contributed by atoms with van der Waals surface area (Å²) < 4.78 is 10.6. The van der Waals surface area contributed by atoms with Gasteiger partial charge in [0.25, 0.3) is 0 Å². The Balaban J connectivity index is 2.58. The molecular formula is C15H25ClN2O2. The van der Waals surface area contributed by atoms with Crippen LogP contribution in [0.1, 0.15) is 32.4 Å². The van der Waals surface area contributed by atoms with Gasteiger partial charge in [0.15, 0.2) is 11.5 Å². The van der Waals surface area contributed by atoms with Crippen LogP contribution in [0.15, 0.2) is 12.3 Å². The van der Waals surface area contributed by atoms with Crippen molar-refractivity contribution >= 4 is 11.6 Å². The molecule has 4 nitrogen and oxygen atoms in total. The summed E-state index contributed by atoms with van der Waals surface area (Å²) in [6.45, 7) is 5.73. The third kappa shape index (κ3) is 4.53. The number of nitrogens with one attached hydrogen (secondary N) is 1. The Morgan fingerprint density at radius 3 is 2.50 bits per heavy atom. The van der Waals surface area contributed by atoms with Crippen LogP contribution < -0.4 is 14.8 Å². The molecule has 0 bridgehead atoms. The van der Waals surface area contributed by atoms with Gasteiger partial charge in [-0.05, 0) is 5.92 Å². The van der Waals surface area contributed by atoms with Crippen molar-refractivity contribution in [3.8, 4) is 11.5 Å². The highest BCUT2D eigenvalue weighted by Crippen LogP contribution is 2.28. The molecule has 1 rings (SSSR count). The molecule has 1 aromatic heterocycles. The van der Waals surface area contributed by atoms with Crippen molar-refractivity contribution < 1.29 is 9.47 Å². The first-order valence-corrected chi connectivity index (χ1v) is 7.52. The Hall–Kier alpha value is -1.00. The molecule has 0 radical (unpaired) electrons. The molecule has 1 unspecified atom stereocenters. The van der Waals surface area contributed by atoms with Gasteiger partial charge < -0.3 is 14.8 Å². The lowest BCUT2D eigenvalue weighted by Crippen LogP contribution is -2.28. The lowest BCUT2D eigenvalue weighted by Gasteiger charge is -2.20. The molecule has 0 fully saturated rings. The minimum absolute atomic E-state index is 0.140. The van der Waals surface area contributed by atoms with Gasteiger partial charge in [0.2, 0.25) is 0 Å². The number of alkyl halides is 1. The third-order valence-corrected chi connectivity index (χ3v) is 4.07. The number of rotatable bonds is 9. The van der Waals surface area contributed by atoms with Crippen LogP contribution in [0.3, 0.4) is 0 Å². The number of aromatic nitrogens is 1. The summed E-state index contributed by atoms with van der Waals surface area (Å²) in [7, 11) is 3.24. The first-order valence-electron chi connectivity index (χ1n) is 7.08. The second-order valence-electron chi connectivity index (χ2n) is 4.72. The molecule has 0 aliphatic heterocycles. The molecule has 0 saturated heterocycles. The number of halogens is 1. The molecule has 0 spiro atoms. The predicted molar refractivity (Wildman–Crippen MR) is 82.8 cm³/mol. The fraction of sp³-hybridized carbons (Fsp3) is 0.667. The van der Waals surface area contributed by atoms with E-state index in [9.17, 15) is 0 Å². The van der Waals surface area contributed by atoms with Crippen molar-refractivity contribution in [3.05, 3.63) is 18.0 Å². The van der Waals surface area contributed by atoms with E-state index in [-0.39, 0.29) is 5.38 Å². The van der Waals surface area contributed by atoms with E-state index >= 15 is 0 Å². The molecule has 114 valence electrons. The Kier molecular flexibility index (Phi) is 7.70. The quantitative estimate of drug-likeness (QED) is 0.711. The standard InChI is InChI=1S/C15H25ClN2O2/c1-5-11(6-2)12(16)9-17-10-13-15(20-4)14(19-3)7-8-18-13/h7-8,11-12,17H,5-6,9-10H2,1-4H3. The molecule has 1 aromatic rings. The summed E-state index contributed by atoms with van der Waals surface area (Å²) in [5.41, 5.74) is 0.834. The second-order valence-corrected chi connectivity index (χ2v) is 5.28. The first-order chi connectivity index (χ1) is 9.67. The smallest absolute Gasteiger partial charge is 0.183 e. The Bertz CT molecular complexity index is 397. The summed E-state index contributed by atoms with van der Waals surface area (Å²) in [6, 6.07) is 1.79. The van der Waals surface area contributed by atoms with Crippen LogP contribution in [-0.2, 0) is 6.54 Å². The minimum Gasteiger partial charge on any atom is -0.493 e. The van der Waals surface area contributed by atoms with Gasteiger partial charge in [-0.25, -0.2) is 0 Å². The maximum absolute atomic E-state index is 6.41. The normalized spacial score (nSPS) is 12.5. The monoisotopic (exact) mass is 300 g/mol. The van der Waals surface area contributed by atoms with Gasteiger partial charge in [-0.1, -0.05) is 26.7 Å². The maximum atomic E-state index is 6.41. The molecule has 1 heterocycles. The van der Waals surface area contributed by atoms with Crippen LogP contribution >= 0.6 is 11.6 Å². The van der Waals surface area contributed by atoms with Crippen molar-refractivity contribution in [1.82, 2.24) is 10.3 Å². The lowest BCUT2D eigenvalue weighted by atomic mass is 9.99. The molecule has 0 saturated carbocycles. The van der Waals surface area contributed by atoms with Crippen LogP contribution in [0.4, 0.5) is 0 Å². The summed E-state index contributed by atoms with van der Waals surface area (Å²) in [4.78, 5) is 4.33. The van der Waals surface area contributed by atoms with Gasteiger partial charge in [-0.15, -0.1) is 11.6 Å². The van der Waals surface area contributed by atoms with Crippen molar-refractivity contribution in [2.45, 2.75) is 38.6 Å². The van der Waals surface area contributed by atoms with Gasteiger partial charge in [0, 0.05) is 30.7 Å². The molecule has 0 aromatic carbocycles. The van der Waals surface area contributed by atoms with E-state index in [1.165, 1.54) is 0 Å². The minimum atomic E-state index is 0.140. The SMILES string of the molecule is CCC(CC)C(Cl)CNCc1nccc(OC)c1OC. The fourth-order valence-corrected chi connectivity index (χ4v) is 2.74. The highest BCUT2D eigenvalue weighted by atomic mass is 35.5. The predicted octanol–water partition coefficient (Wildman–Crippen LogP) is 3.23. The molecule has 0 aliphatic carbocycles. The zero-order valence-electron chi connectivity index (χ0n) is 12.8. The molecule has 1 atom stereocenters. The van der Waals surface area contributed by atoms with Crippen molar-refractivity contribution in [2.75, 3.05) is 20.8 Å². The van der Waals surface area contributed by atoms with E-state index in [0.29, 0.717) is 24.0 Å². The Labute approximate surface area is 126 Å². The van der Waals surface area contributed by atoms with E-state index in [0.717, 1.165) is 25.1 Å². The fourth-order valence-electron chi connectivity index (χ4n) is 2.27. The number of nitrogens with zero attached hydrogens (tertiary/aromatic N) is 1. The molecule has 1 N–H and O–H groups in total. The van der Waals surface area contributed by atoms with E-state index < -0.39 is 0 Å². The largest absolute Gasteiger partial charge is 0.493 e. The molecule has 5 heteroatoms. The lowest BCUT2D eigenvalue weighted by molar-refractivity contribution is 0.347. The molecule has 20 heavy (non-hydrogen) atoms. The van der Waals surface area contributed by atoms with Crippen molar-refractivity contribution in [3.63, 3.8) is 0 Å². The van der Waals surface area contributed by atoms with Gasteiger partial charge in [0.1, 0.15) is 0 Å². The zero-order chi connectivity index (χ0) is 15.0. The molecular weight excluding hydrogens is 276 g/mol. The average Bonchev–Trinajstić information content (AvgIpc) is 2.48. The number of hydrogen-bond acceptors (Lipinski definition) is 4. The van der Waals surface area contributed by atoms with Gasteiger partial charge in [0.05, 0.1) is 19.9 Å². The summed E-state index contributed by atoms with van der Waals surface area (Å²) in [5, 5.41) is 3.49. The maximum Gasteiger partial charge on any atom is 0.183 e. The van der Waals surface area contributed by atoms with Crippen molar-refractivity contribution in [1.29, 1.82) is 0 Å². The number of methoxy groups -OCH3 is 2. The van der Waals surface area contributed by atoms with Crippen LogP contribution in [0.2, 0.25) is 0 Å². The summed E-state index contributed by atoms with van der Waals surface area (Å²) in [5.74, 6) is 1.92. The number of hydrogen-bond donors (Lipinski definition) is 1. The topological polar surface area (TPSA) is 43.4 Å². The van der Waals surface area contributed by atoms with Crippen LogP contribution in [-0.4, -0.2) is 31.1 Å². The Morgan fingerprint density at radius 1 is 1.25 bits per heavy atom. The highest BCUT2D eigenvalue weighted by Gasteiger charge is 2.16. The van der Waals surface area contributed by atoms with E-state index in [2.05, 4.69) is 24.1 Å². The summed E-state index contributed by atoms with van der Waals surface area (Å²) >= 11 is 6.41. The average molecular weight is 301 g/mol. The summed E-state index contributed by atoms with van der Waals surface area (Å²) in [6.07, 6.45) is 3.93. The highest BCUT2D eigenvalue weighted by molar-refractivity contribution is 6.21. The Morgan fingerprint density at radius 2 is 1.95 bits per heavy atom. The van der Waals surface area contributed by atoms with E-state index in [1.54, 1.807) is 26.5 Å². The first kappa shape index (κ1) is 17.1. The molecule has 0 amide bonds. The van der Waals surface area contributed by atoms with Crippen LogP contribution in [0.5, 0.6) is 11.5 Å². The third-order valence-electron chi connectivity index (χ3n) is 3.56. The van der Waals surface area contributed by atoms with Gasteiger partial charge >= 0.3 is 0 Å². The number of ether oxygens (including phenoxy) is 2. The number of pyridine rings is 1.